The number of likely N-dealkylation sites (tertiary alicyclic amines) is 1. The highest BCUT2D eigenvalue weighted by Crippen LogP contribution is 2.32. The molecule has 6 rings (SSSR count). The van der Waals surface area contributed by atoms with Crippen LogP contribution in [0.15, 0.2) is 57.8 Å². The van der Waals surface area contributed by atoms with E-state index < -0.39 is 10.4 Å². The molecule has 0 spiro atoms. The number of piperidine rings is 1. The summed E-state index contributed by atoms with van der Waals surface area (Å²) < 4.78 is 52.2. The fraction of sp³-hybridized carbons (Fsp3) is 0.452. The minimum Gasteiger partial charge on any atom is -0.356 e. The molecule has 2 aliphatic heterocycles. The van der Waals surface area contributed by atoms with E-state index in [0.29, 0.717) is 11.5 Å². The molecule has 2 aromatic heterocycles. The minimum absolute atomic E-state index is 0.161. The number of halogens is 1. The van der Waals surface area contributed by atoms with Crippen LogP contribution in [0.3, 0.4) is 0 Å². The number of hydrogen-bond acceptors (Lipinski definition) is 9. The van der Waals surface area contributed by atoms with Gasteiger partial charge in [-0.3, -0.25) is 29.7 Å². The number of benzene rings is 2. The van der Waals surface area contributed by atoms with Crippen molar-refractivity contribution in [1.82, 2.24) is 25.0 Å². The quantitative estimate of drug-likeness (QED) is 0.131. The Bertz CT molecular complexity index is 1700. The van der Waals surface area contributed by atoms with Crippen LogP contribution in [0, 0.1) is 12.7 Å². The summed E-state index contributed by atoms with van der Waals surface area (Å²) in [6, 6.07) is 14.9. The molecule has 0 aliphatic carbocycles. The largest absolute Gasteiger partial charge is 0.394 e. The summed E-state index contributed by atoms with van der Waals surface area (Å²) in [7, 11) is -4.67. The molecule has 45 heavy (non-hydrogen) atoms. The first-order valence-electron chi connectivity index (χ1n) is 15.1. The first kappa shape index (κ1) is 34.3. The van der Waals surface area contributed by atoms with Gasteiger partial charge in [-0.1, -0.05) is 35.5 Å². The molecular formula is C31H41FN6O6S. The number of aromatic nitrogens is 3. The van der Waals surface area contributed by atoms with Crippen LogP contribution in [-0.4, -0.2) is 63.3 Å². The molecule has 0 bridgehead atoms. The second kappa shape index (κ2) is 16.2. The van der Waals surface area contributed by atoms with E-state index in [4.69, 9.17) is 32.9 Å². The summed E-state index contributed by atoms with van der Waals surface area (Å²) in [4.78, 5) is 20.1. The molecule has 1 fully saturated rings. The Morgan fingerprint density at radius 1 is 1.07 bits per heavy atom. The monoisotopic (exact) mass is 644 g/mol. The lowest BCUT2D eigenvalue weighted by Crippen LogP contribution is -2.37. The van der Waals surface area contributed by atoms with Crippen LogP contribution in [0.4, 0.5) is 4.39 Å². The van der Waals surface area contributed by atoms with Crippen LogP contribution < -0.4 is 16.8 Å². The Morgan fingerprint density at radius 3 is 2.47 bits per heavy atom. The molecule has 0 amide bonds. The minimum atomic E-state index is -4.67. The second-order valence-corrected chi connectivity index (χ2v) is 12.1. The van der Waals surface area contributed by atoms with Crippen LogP contribution >= 0.6 is 0 Å². The molecule has 0 saturated carbocycles. The fourth-order valence-corrected chi connectivity index (χ4v) is 5.81. The number of hydrogen-bond donors (Lipinski definition) is 4. The van der Waals surface area contributed by atoms with Crippen molar-refractivity contribution < 1.29 is 26.4 Å². The Morgan fingerprint density at radius 2 is 1.78 bits per heavy atom. The van der Waals surface area contributed by atoms with E-state index in [1.165, 1.54) is 17.7 Å². The van der Waals surface area contributed by atoms with Gasteiger partial charge in [-0.15, -0.1) is 0 Å². The molecule has 244 valence electrons. The fourth-order valence-electron chi connectivity index (χ4n) is 5.81. The van der Waals surface area contributed by atoms with Gasteiger partial charge in [-0.05, 0) is 76.2 Å². The molecule has 1 saturated heterocycles. The van der Waals surface area contributed by atoms with Gasteiger partial charge >= 0.3 is 10.4 Å². The predicted octanol–water partition coefficient (Wildman–Crippen LogP) is 3.63. The number of nitrogens with one attached hydrogen (secondary N) is 1. The van der Waals surface area contributed by atoms with Gasteiger partial charge in [-0.2, -0.15) is 8.42 Å². The van der Waals surface area contributed by atoms with Crippen LogP contribution in [0.5, 0.6) is 0 Å². The summed E-state index contributed by atoms with van der Waals surface area (Å²) in [6.45, 7) is 6.39. The molecular weight excluding hydrogens is 603 g/mol. The smallest absolute Gasteiger partial charge is 0.356 e. The highest BCUT2D eigenvalue weighted by Gasteiger charge is 2.26. The van der Waals surface area contributed by atoms with E-state index in [0.717, 1.165) is 106 Å². The first-order valence-corrected chi connectivity index (χ1v) is 16.5. The lowest BCUT2D eigenvalue weighted by molar-refractivity contribution is 0.211. The van der Waals surface area contributed by atoms with Crippen molar-refractivity contribution in [2.45, 2.75) is 64.3 Å². The van der Waals surface area contributed by atoms with Crippen LogP contribution in [0.2, 0.25) is 0 Å². The maximum absolute atomic E-state index is 13.4. The first-order chi connectivity index (χ1) is 21.5. The van der Waals surface area contributed by atoms with Gasteiger partial charge in [0.15, 0.2) is 5.58 Å². The standard InChI is InChI=1S/C23H27FN4O2.C8H12N2.H2O4S/c1-15-18(23(29)28-10-3-2-4-21(28)25-15)9-13-27-11-7-16(8-12-27)22-19-6-5-17(24)14-20(19)30-26-22;9-10-7-6-8-4-2-1-3-5-8;1-5(2,3)4/h5-6,14,16H,2-4,7-13H2,1H3;1-5,10H,6-7,9H2;(H2,1,2,3,4). The summed E-state index contributed by atoms with van der Waals surface area (Å²) in [5.41, 5.74) is 7.32. The highest BCUT2D eigenvalue weighted by molar-refractivity contribution is 7.79. The number of nitrogens with two attached hydrogens (primary N) is 1. The highest BCUT2D eigenvalue weighted by atomic mass is 32.3. The third-order valence-corrected chi connectivity index (χ3v) is 8.10. The van der Waals surface area contributed by atoms with E-state index in [1.54, 1.807) is 6.07 Å². The van der Waals surface area contributed by atoms with Gasteiger partial charge in [-0.25, -0.2) is 9.37 Å². The van der Waals surface area contributed by atoms with Crippen molar-refractivity contribution in [2.75, 3.05) is 26.2 Å². The van der Waals surface area contributed by atoms with E-state index in [2.05, 4.69) is 27.6 Å². The second-order valence-electron chi connectivity index (χ2n) is 11.2. The molecule has 14 heteroatoms. The number of nitrogens with zero attached hydrogens (tertiary/aromatic N) is 4. The normalized spacial score (nSPS) is 15.5. The Labute approximate surface area is 262 Å². The molecule has 0 atom stereocenters. The summed E-state index contributed by atoms with van der Waals surface area (Å²) in [5, 5.41) is 5.15. The molecule has 12 nitrogen and oxygen atoms in total. The van der Waals surface area contributed by atoms with Crippen molar-refractivity contribution in [3.63, 3.8) is 0 Å². The average Bonchev–Trinajstić information content (AvgIpc) is 3.43. The summed E-state index contributed by atoms with van der Waals surface area (Å²) in [6.07, 6.45) is 6.81. The lowest BCUT2D eigenvalue weighted by atomic mass is 9.91. The third kappa shape index (κ3) is 10.2. The van der Waals surface area contributed by atoms with Crippen LogP contribution in [0.25, 0.3) is 11.0 Å². The zero-order chi connectivity index (χ0) is 32.4. The van der Waals surface area contributed by atoms with Gasteiger partial charge in [0, 0.05) is 54.7 Å². The predicted molar refractivity (Wildman–Crippen MR) is 169 cm³/mol. The van der Waals surface area contributed by atoms with E-state index in [1.807, 2.05) is 29.7 Å². The third-order valence-electron chi connectivity index (χ3n) is 8.10. The van der Waals surface area contributed by atoms with Crippen LogP contribution in [-0.2, 0) is 36.2 Å². The lowest BCUT2D eigenvalue weighted by Gasteiger charge is -2.31. The molecule has 2 aliphatic rings. The Hall–Kier alpha value is -3.53. The summed E-state index contributed by atoms with van der Waals surface area (Å²) >= 11 is 0. The van der Waals surface area contributed by atoms with Gasteiger partial charge in [0.2, 0.25) is 0 Å². The number of rotatable bonds is 7. The Kier molecular flexibility index (Phi) is 12.3. The zero-order valence-electron chi connectivity index (χ0n) is 25.4. The van der Waals surface area contributed by atoms with Crippen LogP contribution in [0.1, 0.15) is 59.9 Å². The molecule has 0 radical (unpaired) electrons. The molecule has 0 unspecified atom stereocenters. The number of fused-ring (bicyclic) bond motifs is 2. The van der Waals surface area contributed by atoms with Crippen molar-refractivity contribution in [3.05, 3.63) is 93.0 Å². The summed E-state index contributed by atoms with van der Waals surface area (Å²) in [5.74, 6) is 6.10. The van der Waals surface area contributed by atoms with Crippen molar-refractivity contribution in [2.24, 2.45) is 5.84 Å². The van der Waals surface area contributed by atoms with Gasteiger partial charge in [0.05, 0.1) is 5.69 Å². The van der Waals surface area contributed by atoms with E-state index in [-0.39, 0.29) is 11.4 Å². The average molecular weight is 645 g/mol. The topological polar surface area (TPSA) is 177 Å². The number of hydrazine groups is 1. The van der Waals surface area contributed by atoms with Crippen molar-refractivity contribution in [1.29, 1.82) is 0 Å². The van der Waals surface area contributed by atoms with Gasteiger partial charge in [0.1, 0.15) is 11.6 Å². The van der Waals surface area contributed by atoms with Gasteiger partial charge < -0.3 is 9.42 Å². The molecule has 5 N–H and O–H groups in total. The van der Waals surface area contributed by atoms with Crippen molar-refractivity contribution in [3.8, 4) is 0 Å². The van der Waals surface area contributed by atoms with Gasteiger partial charge in [0.25, 0.3) is 5.56 Å². The molecule has 2 aromatic carbocycles. The van der Waals surface area contributed by atoms with E-state index in [9.17, 15) is 9.18 Å². The molecule has 4 heterocycles. The van der Waals surface area contributed by atoms with E-state index >= 15 is 0 Å². The molecule has 4 aromatic rings. The Balaban J connectivity index is 0.000000255. The zero-order valence-corrected chi connectivity index (χ0v) is 26.2. The number of aryl methyl sites for hydroxylation is 2. The maximum Gasteiger partial charge on any atom is 0.394 e. The SMILES string of the molecule is Cc1nc2n(c(=O)c1CCN1CCC(c3noc4cc(F)ccc34)CC1)CCCC2.NNCCc1ccccc1.O=S(=O)(O)O. The van der Waals surface area contributed by atoms with Crippen molar-refractivity contribution >= 4 is 21.4 Å². The maximum atomic E-state index is 13.4.